The molecule has 0 spiro atoms. The molecule has 2 aliphatic rings. The smallest absolute Gasteiger partial charge is 0.0861 e. The van der Waals surface area contributed by atoms with Crippen molar-refractivity contribution in [2.45, 2.75) is 65.1 Å². The molecule has 2 heteroatoms. The molecular formula is C20H32O2. The fourth-order valence-electron chi connectivity index (χ4n) is 4.27. The summed E-state index contributed by atoms with van der Waals surface area (Å²) in [7, 11) is 0. The molecule has 2 N–H and O–H groups in total. The maximum absolute atomic E-state index is 11.0. The van der Waals surface area contributed by atoms with Crippen LogP contribution in [0.2, 0.25) is 0 Å². The molecule has 0 amide bonds. The predicted octanol–water partition coefficient (Wildman–Crippen LogP) is 4.25. The molecule has 2 nitrogen and oxygen atoms in total. The van der Waals surface area contributed by atoms with Gasteiger partial charge < -0.3 is 10.2 Å². The van der Waals surface area contributed by atoms with Gasteiger partial charge in [-0.15, -0.1) is 0 Å². The van der Waals surface area contributed by atoms with Crippen LogP contribution in [0.1, 0.15) is 53.4 Å². The maximum Gasteiger partial charge on any atom is 0.0861 e. The van der Waals surface area contributed by atoms with Gasteiger partial charge in [-0.3, -0.25) is 0 Å². The van der Waals surface area contributed by atoms with Gasteiger partial charge in [0.2, 0.25) is 0 Å². The van der Waals surface area contributed by atoms with Crippen molar-refractivity contribution >= 4 is 0 Å². The summed E-state index contributed by atoms with van der Waals surface area (Å²) in [5.74, 6) is 0.677. The third-order valence-corrected chi connectivity index (χ3v) is 5.69. The molecule has 0 aromatic carbocycles. The molecule has 6 atom stereocenters. The van der Waals surface area contributed by atoms with Crippen LogP contribution in [0.4, 0.5) is 0 Å². The highest BCUT2D eigenvalue weighted by molar-refractivity contribution is 5.27. The Morgan fingerprint density at radius 3 is 2.82 bits per heavy atom. The number of hydrogen-bond donors (Lipinski definition) is 2. The Balaban J connectivity index is 2.13. The molecule has 22 heavy (non-hydrogen) atoms. The summed E-state index contributed by atoms with van der Waals surface area (Å²) in [4.78, 5) is 0. The lowest BCUT2D eigenvalue weighted by Gasteiger charge is -2.37. The van der Waals surface area contributed by atoms with Gasteiger partial charge in [0.25, 0.3) is 0 Å². The van der Waals surface area contributed by atoms with Crippen LogP contribution in [0, 0.1) is 23.7 Å². The second-order valence-corrected chi connectivity index (χ2v) is 7.82. The number of hydrogen-bond acceptors (Lipinski definition) is 2. The minimum Gasteiger partial charge on any atom is -0.392 e. The van der Waals surface area contributed by atoms with Gasteiger partial charge in [0, 0.05) is 11.8 Å². The zero-order chi connectivity index (χ0) is 16.5. The monoisotopic (exact) mass is 304 g/mol. The Labute approximate surface area is 135 Å². The highest BCUT2D eigenvalue weighted by Gasteiger charge is 2.49. The van der Waals surface area contributed by atoms with Crippen molar-refractivity contribution in [2.75, 3.05) is 0 Å². The third-order valence-electron chi connectivity index (χ3n) is 5.69. The lowest BCUT2D eigenvalue weighted by atomic mass is 9.73. The van der Waals surface area contributed by atoms with Crippen molar-refractivity contribution in [3.05, 3.63) is 36.0 Å². The first-order valence-electron chi connectivity index (χ1n) is 8.65. The second-order valence-electron chi connectivity index (χ2n) is 7.82. The minimum atomic E-state index is -0.921. The first-order valence-corrected chi connectivity index (χ1v) is 8.65. The van der Waals surface area contributed by atoms with Crippen molar-refractivity contribution in [3.63, 3.8) is 0 Å². The molecule has 0 saturated heterocycles. The number of aliphatic hydroxyl groups is 2. The average Bonchev–Trinajstić information content (AvgIpc) is 2.66. The van der Waals surface area contributed by atoms with Gasteiger partial charge in [0.15, 0.2) is 0 Å². The molecule has 0 radical (unpaired) electrons. The van der Waals surface area contributed by atoms with Crippen LogP contribution in [0.15, 0.2) is 36.0 Å². The summed E-state index contributed by atoms with van der Waals surface area (Å²) < 4.78 is 0. The molecule has 0 aromatic heterocycles. The van der Waals surface area contributed by atoms with Gasteiger partial charge in [-0.05, 0) is 58.3 Å². The largest absolute Gasteiger partial charge is 0.392 e. The van der Waals surface area contributed by atoms with E-state index in [0.29, 0.717) is 5.92 Å². The summed E-state index contributed by atoms with van der Waals surface area (Å²) in [6.45, 7) is 12.5. The predicted molar refractivity (Wildman–Crippen MR) is 92.4 cm³/mol. The van der Waals surface area contributed by atoms with Crippen molar-refractivity contribution < 1.29 is 10.2 Å². The summed E-state index contributed by atoms with van der Waals surface area (Å²) in [5, 5.41) is 21.6. The molecule has 124 valence electrons. The topological polar surface area (TPSA) is 40.5 Å². The Hall–Kier alpha value is -0.860. The Kier molecular flexibility index (Phi) is 5.34. The van der Waals surface area contributed by atoms with E-state index in [0.717, 1.165) is 31.3 Å². The molecule has 0 heterocycles. The van der Waals surface area contributed by atoms with Crippen LogP contribution in [0.25, 0.3) is 0 Å². The van der Waals surface area contributed by atoms with Crippen molar-refractivity contribution in [2.24, 2.45) is 23.7 Å². The van der Waals surface area contributed by atoms with E-state index in [-0.39, 0.29) is 17.8 Å². The molecular weight excluding hydrogens is 272 g/mol. The molecule has 2 aliphatic carbocycles. The SMILES string of the molecule is C=C1CCC(C(C)CCC=C(C)C)C(O)C2C1C=CC2(C)O. The minimum absolute atomic E-state index is 0.125. The van der Waals surface area contributed by atoms with E-state index in [9.17, 15) is 10.2 Å². The lowest BCUT2D eigenvalue weighted by Crippen LogP contribution is -2.44. The van der Waals surface area contributed by atoms with E-state index in [1.54, 1.807) is 0 Å². The fourth-order valence-corrected chi connectivity index (χ4v) is 4.27. The van der Waals surface area contributed by atoms with Crippen LogP contribution >= 0.6 is 0 Å². The van der Waals surface area contributed by atoms with E-state index in [4.69, 9.17) is 0 Å². The summed E-state index contributed by atoms with van der Waals surface area (Å²) >= 11 is 0. The van der Waals surface area contributed by atoms with E-state index >= 15 is 0 Å². The molecule has 1 saturated carbocycles. The zero-order valence-corrected chi connectivity index (χ0v) is 14.5. The number of rotatable bonds is 4. The lowest BCUT2D eigenvalue weighted by molar-refractivity contribution is -0.0605. The fraction of sp³-hybridized carbons (Fsp3) is 0.700. The molecule has 0 aliphatic heterocycles. The first kappa shape index (κ1) is 17.5. The quantitative estimate of drug-likeness (QED) is 0.762. The molecule has 0 aromatic rings. The van der Waals surface area contributed by atoms with Gasteiger partial charge in [-0.2, -0.15) is 0 Å². The van der Waals surface area contributed by atoms with E-state index < -0.39 is 11.7 Å². The highest BCUT2D eigenvalue weighted by atomic mass is 16.3. The Bertz CT molecular complexity index is 468. The number of aliphatic hydroxyl groups excluding tert-OH is 1. The zero-order valence-electron chi connectivity index (χ0n) is 14.5. The van der Waals surface area contributed by atoms with Crippen LogP contribution in [-0.2, 0) is 0 Å². The van der Waals surface area contributed by atoms with Gasteiger partial charge >= 0.3 is 0 Å². The van der Waals surface area contributed by atoms with Crippen LogP contribution in [0.5, 0.6) is 0 Å². The van der Waals surface area contributed by atoms with Crippen LogP contribution in [0.3, 0.4) is 0 Å². The van der Waals surface area contributed by atoms with Gasteiger partial charge in [0.05, 0.1) is 11.7 Å². The van der Waals surface area contributed by atoms with Gasteiger partial charge in [-0.25, -0.2) is 0 Å². The van der Waals surface area contributed by atoms with E-state index in [1.165, 1.54) is 5.57 Å². The van der Waals surface area contributed by atoms with Crippen LogP contribution < -0.4 is 0 Å². The molecule has 6 unspecified atom stereocenters. The summed E-state index contributed by atoms with van der Waals surface area (Å²) in [5.41, 5.74) is 1.59. The maximum atomic E-state index is 11.0. The first-order chi connectivity index (χ1) is 10.2. The Morgan fingerprint density at radius 1 is 1.50 bits per heavy atom. The van der Waals surface area contributed by atoms with Crippen molar-refractivity contribution in [1.82, 2.24) is 0 Å². The molecule has 1 fully saturated rings. The van der Waals surface area contributed by atoms with E-state index in [2.05, 4.69) is 33.4 Å². The number of allylic oxidation sites excluding steroid dienone is 4. The summed E-state index contributed by atoms with van der Waals surface area (Å²) in [6, 6.07) is 0. The normalized spacial score (nSPS) is 39.3. The van der Waals surface area contributed by atoms with Crippen molar-refractivity contribution in [3.8, 4) is 0 Å². The van der Waals surface area contributed by atoms with E-state index in [1.807, 2.05) is 19.1 Å². The molecule has 0 bridgehead atoms. The highest BCUT2D eigenvalue weighted by Crippen LogP contribution is 2.48. The van der Waals surface area contributed by atoms with Crippen LogP contribution in [-0.4, -0.2) is 21.9 Å². The third kappa shape index (κ3) is 3.55. The molecule has 2 rings (SSSR count). The average molecular weight is 304 g/mol. The Morgan fingerprint density at radius 2 is 2.18 bits per heavy atom. The van der Waals surface area contributed by atoms with Crippen molar-refractivity contribution in [1.29, 1.82) is 0 Å². The van der Waals surface area contributed by atoms with Gasteiger partial charge in [-0.1, -0.05) is 42.9 Å². The summed E-state index contributed by atoms with van der Waals surface area (Å²) in [6.07, 6.45) is 9.80. The number of fused-ring (bicyclic) bond motifs is 1. The standard InChI is InChI=1S/C20H32O2/c1-13(2)7-6-8-14(3)17-10-9-15(4)16-11-12-20(5,22)18(16)19(17)21/h7,11-12,14,16-19,21-22H,4,6,8-10H2,1-3,5H3. The van der Waals surface area contributed by atoms with Gasteiger partial charge in [0.1, 0.15) is 0 Å². The second kappa shape index (κ2) is 6.72.